The summed E-state index contributed by atoms with van der Waals surface area (Å²) in [5.41, 5.74) is 1.21. The van der Waals surface area contributed by atoms with E-state index in [2.05, 4.69) is 4.98 Å². The first-order valence-corrected chi connectivity index (χ1v) is 7.06. The van der Waals surface area contributed by atoms with E-state index in [4.69, 9.17) is 5.11 Å². The fourth-order valence-corrected chi connectivity index (χ4v) is 2.67. The number of aromatic nitrogens is 1. The van der Waals surface area contributed by atoms with Crippen LogP contribution >= 0.6 is 0 Å². The normalized spacial score (nSPS) is 19.1. The lowest BCUT2D eigenvalue weighted by Gasteiger charge is -2.31. The van der Waals surface area contributed by atoms with Gasteiger partial charge in [-0.2, -0.15) is 0 Å². The summed E-state index contributed by atoms with van der Waals surface area (Å²) in [6.45, 7) is 1.46. The van der Waals surface area contributed by atoms with Crippen LogP contribution in [0, 0.1) is 5.92 Å². The van der Waals surface area contributed by atoms with E-state index in [0.717, 1.165) is 25.8 Å². The summed E-state index contributed by atoms with van der Waals surface area (Å²) >= 11 is 0. The molecule has 5 heteroatoms. The second-order valence-electron chi connectivity index (χ2n) is 5.22. The number of hydrogen-bond donors (Lipinski definition) is 1. The van der Waals surface area contributed by atoms with Gasteiger partial charge in [0, 0.05) is 31.4 Å². The van der Waals surface area contributed by atoms with Crippen LogP contribution in [0.3, 0.4) is 0 Å². The smallest absolute Gasteiger partial charge is 0.304 e. The first kappa shape index (κ1) is 14.5. The molecule has 108 valence electrons. The number of aryl methyl sites for hydroxylation is 1. The van der Waals surface area contributed by atoms with Gasteiger partial charge < -0.3 is 10.0 Å². The third kappa shape index (κ3) is 4.05. The molecule has 1 aliphatic heterocycles. The summed E-state index contributed by atoms with van der Waals surface area (Å²) < 4.78 is 0. The molecule has 0 saturated carbocycles. The number of carbonyl (C=O) groups excluding carboxylic acids is 1. The fourth-order valence-electron chi connectivity index (χ4n) is 2.67. The lowest BCUT2D eigenvalue weighted by atomic mass is 9.93. The lowest BCUT2D eigenvalue weighted by Crippen LogP contribution is -2.42. The summed E-state index contributed by atoms with van der Waals surface area (Å²) in [6.07, 6.45) is 6.91. The Morgan fingerprint density at radius 3 is 2.85 bits per heavy atom. The Morgan fingerprint density at radius 2 is 2.15 bits per heavy atom. The standard InChI is InChI=1S/C15H20N2O3/c18-14(19)11-13-4-2-10-17(15(13)20)9-1-3-12-5-7-16-8-6-12/h5-8,13H,1-4,9-11H2,(H,18,19). The molecule has 1 amide bonds. The first-order chi connectivity index (χ1) is 9.66. The Balaban J connectivity index is 1.80. The van der Waals surface area contributed by atoms with Crippen molar-refractivity contribution in [3.8, 4) is 0 Å². The number of carboxylic acid groups (broad SMARTS) is 1. The quantitative estimate of drug-likeness (QED) is 0.859. The number of aliphatic carboxylic acids is 1. The number of piperidine rings is 1. The molecule has 1 aromatic rings. The number of hydrogen-bond acceptors (Lipinski definition) is 3. The Morgan fingerprint density at radius 1 is 1.40 bits per heavy atom. The molecule has 0 aliphatic carbocycles. The second kappa shape index (κ2) is 7.03. The van der Waals surface area contributed by atoms with Crippen LogP contribution in [0.1, 0.15) is 31.2 Å². The van der Waals surface area contributed by atoms with E-state index < -0.39 is 5.97 Å². The number of likely N-dealkylation sites (tertiary alicyclic amines) is 1. The number of amides is 1. The third-order valence-corrected chi connectivity index (χ3v) is 3.71. The number of carboxylic acids is 1. The maximum Gasteiger partial charge on any atom is 0.304 e. The number of pyridine rings is 1. The molecule has 2 rings (SSSR count). The average Bonchev–Trinajstić information content (AvgIpc) is 2.43. The summed E-state index contributed by atoms with van der Waals surface area (Å²) in [7, 11) is 0. The van der Waals surface area contributed by atoms with Crippen LogP contribution in [0.25, 0.3) is 0 Å². The zero-order valence-corrected chi connectivity index (χ0v) is 11.5. The molecule has 1 atom stereocenters. The molecule has 0 aromatic carbocycles. The van der Waals surface area contributed by atoms with Gasteiger partial charge in [0.05, 0.1) is 6.42 Å². The highest BCUT2D eigenvalue weighted by atomic mass is 16.4. The molecule has 1 aliphatic rings. The van der Waals surface area contributed by atoms with Crippen LogP contribution in [0.4, 0.5) is 0 Å². The maximum absolute atomic E-state index is 12.2. The van der Waals surface area contributed by atoms with Gasteiger partial charge in [0.15, 0.2) is 0 Å². The van der Waals surface area contributed by atoms with Crippen LogP contribution in [-0.2, 0) is 16.0 Å². The topological polar surface area (TPSA) is 70.5 Å². The van der Waals surface area contributed by atoms with E-state index in [9.17, 15) is 9.59 Å². The zero-order valence-electron chi connectivity index (χ0n) is 11.5. The predicted octanol–water partition coefficient (Wildman–Crippen LogP) is 1.73. The fraction of sp³-hybridized carbons (Fsp3) is 0.533. The summed E-state index contributed by atoms with van der Waals surface area (Å²) in [5, 5.41) is 8.82. The molecule has 20 heavy (non-hydrogen) atoms. The lowest BCUT2D eigenvalue weighted by molar-refractivity contribution is -0.146. The molecular weight excluding hydrogens is 256 g/mol. The van der Waals surface area contributed by atoms with Gasteiger partial charge in [-0.15, -0.1) is 0 Å². The Kier molecular flexibility index (Phi) is 5.09. The highest BCUT2D eigenvalue weighted by Gasteiger charge is 2.29. The van der Waals surface area contributed by atoms with E-state index in [1.165, 1.54) is 5.56 Å². The van der Waals surface area contributed by atoms with E-state index >= 15 is 0 Å². The Hall–Kier alpha value is -1.91. The second-order valence-corrected chi connectivity index (χ2v) is 5.22. The van der Waals surface area contributed by atoms with Gasteiger partial charge in [-0.3, -0.25) is 14.6 Å². The van der Waals surface area contributed by atoms with Gasteiger partial charge in [-0.25, -0.2) is 0 Å². The van der Waals surface area contributed by atoms with Crippen molar-refractivity contribution in [1.29, 1.82) is 0 Å². The highest BCUT2D eigenvalue weighted by molar-refractivity contribution is 5.83. The Labute approximate surface area is 118 Å². The maximum atomic E-state index is 12.2. The van der Waals surface area contributed by atoms with Crippen molar-refractivity contribution in [1.82, 2.24) is 9.88 Å². The minimum Gasteiger partial charge on any atom is -0.481 e. The Bertz CT molecular complexity index is 461. The van der Waals surface area contributed by atoms with Crippen molar-refractivity contribution in [2.24, 2.45) is 5.92 Å². The van der Waals surface area contributed by atoms with E-state index in [1.807, 2.05) is 17.0 Å². The van der Waals surface area contributed by atoms with E-state index in [1.54, 1.807) is 12.4 Å². The summed E-state index contributed by atoms with van der Waals surface area (Å²) in [4.78, 5) is 28.7. The van der Waals surface area contributed by atoms with Crippen molar-refractivity contribution in [2.45, 2.75) is 32.1 Å². The molecule has 0 bridgehead atoms. The van der Waals surface area contributed by atoms with Gasteiger partial charge in [0.1, 0.15) is 0 Å². The van der Waals surface area contributed by atoms with Crippen LogP contribution in [0.15, 0.2) is 24.5 Å². The average molecular weight is 276 g/mol. The van der Waals surface area contributed by atoms with Crippen LogP contribution < -0.4 is 0 Å². The molecule has 1 saturated heterocycles. The summed E-state index contributed by atoms with van der Waals surface area (Å²) in [5.74, 6) is -1.21. The van der Waals surface area contributed by atoms with Crippen molar-refractivity contribution in [3.05, 3.63) is 30.1 Å². The molecule has 1 unspecified atom stereocenters. The molecule has 2 heterocycles. The van der Waals surface area contributed by atoms with E-state index in [-0.39, 0.29) is 18.2 Å². The number of rotatable bonds is 6. The van der Waals surface area contributed by atoms with Gasteiger partial charge in [-0.1, -0.05) is 0 Å². The molecular formula is C15H20N2O3. The molecule has 1 fully saturated rings. The third-order valence-electron chi connectivity index (χ3n) is 3.71. The first-order valence-electron chi connectivity index (χ1n) is 7.06. The number of nitrogens with zero attached hydrogens (tertiary/aromatic N) is 2. The summed E-state index contributed by atoms with van der Waals surface area (Å²) in [6, 6.07) is 3.95. The van der Waals surface area contributed by atoms with Crippen LogP contribution in [0.5, 0.6) is 0 Å². The van der Waals surface area contributed by atoms with Gasteiger partial charge in [-0.05, 0) is 43.4 Å². The van der Waals surface area contributed by atoms with Gasteiger partial charge in [0.2, 0.25) is 5.91 Å². The zero-order chi connectivity index (χ0) is 14.4. The molecule has 1 N–H and O–H groups in total. The molecule has 5 nitrogen and oxygen atoms in total. The number of carbonyl (C=O) groups is 2. The van der Waals surface area contributed by atoms with Crippen molar-refractivity contribution >= 4 is 11.9 Å². The molecule has 1 aromatic heterocycles. The monoisotopic (exact) mass is 276 g/mol. The van der Waals surface area contributed by atoms with Crippen LogP contribution in [-0.4, -0.2) is 40.0 Å². The molecule has 0 radical (unpaired) electrons. The van der Waals surface area contributed by atoms with Crippen molar-refractivity contribution in [3.63, 3.8) is 0 Å². The highest BCUT2D eigenvalue weighted by Crippen LogP contribution is 2.21. The molecule has 0 spiro atoms. The van der Waals surface area contributed by atoms with Gasteiger partial charge in [0.25, 0.3) is 0 Å². The van der Waals surface area contributed by atoms with Crippen molar-refractivity contribution in [2.75, 3.05) is 13.1 Å². The predicted molar refractivity (Wildman–Crippen MR) is 74.1 cm³/mol. The SMILES string of the molecule is O=C(O)CC1CCCN(CCCc2ccncc2)C1=O. The van der Waals surface area contributed by atoms with Crippen molar-refractivity contribution < 1.29 is 14.7 Å². The van der Waals surface area contributed by atoms with Gasteiger partial charge >= 0.3 is 5.97 Å². The largest absolute Gasteiger partial charge is 0.481 e. The van der Waals surface area contributed by atoms with E-state index in [0.29, 0.717) is 13.0 Å². The van der Waals surface area contributed by atoms with Crippen LogP contribution in [0.2, 0.25) is 0 Å². The minimum atomic E-state index is -0.887. The minimum absolute atomic E-state index is 0.00776.